The Labute approximate surface area is 153 Å². The highest BCUT2D eigenvalue weighted by Gasteiger charge is 2.36. The van der Waals surface area contributed by atoms with Crippen molar-refractivity contribution >= 4 is 5.97 Å². The highest BCUT2D eigenvalue weighted by Crippen LogP contribution is 2.39. The first-order valence-corrected chi connectivity index (χ1v) is 7.39. The van der Waals surface area contributed by atoms with Crippen LogP contribution < -0.4 is 9.47 Å². The number of carboxylic acid groups (broad SMARTS) is 1. The molecule has 0 aliphatic rings. The van der Waals surface area contributed by atoms with Gasteiger partial charge in [-0.05, 0) is 43.7 Å². The first-order chi connectivity index (χ1) is 12.7. The molecule has 0 radical (unpaired) electrons. The normalized spacial score (nSPS) is 12.0. The fourth-order valence-corrected chi connectivity index (χ4v) is 2.42. The van der Waals surface area contributed by atoms with Gasteiger partial charge in [0.25, 0.3) is 0 Å². The number of carboxylic acids is 1. The van der Waals surface area contributed by atoms with Gasteiger partial charge in [-0.1, -0.05) is 0 Å². The third-order valence-electron chi connectivity index (χ3n) is 3.69. The van der Waals surface area contributed by atoms with Crippen LogP contribution in [-0.2, 0) is 6.18 Å². The molecular weight excluding hydrogens is 401 g/mol. The maximum absolute atomic E-state index is 14.1. The van der Waals surface area contributed by atoms with Gasteiger partial charge in [-0.25, -0.2) is 9.18 Å². The minimum absolute atomic E-state index is 0.395. The Morgan fingerprint density at radius 3 is 1.93 bits per heavy atom. The lowest BCUT2D eigenvalue weighted by atomic mass is 10.0. The molecule has 0 heterocycles. The van der Waals surface area contributed by atoms with Crippen molar-refractivity contribution < 1.29 is 50.1 Å². The third-order valence-corrected chi connectivity index (χ3v) is 3.69. The van der Waals surface area contributed by atoms with E-state index in [4.69, 9.17) is 4.74 Å². The lowest BCUT2D eigenvalue weighted by molar-refractivity contribution is -0.275. The smallest absolute Gasteiger partial charge is 0.478 e. The molecule has 0 spiro atoms. The predicted molar refractivity (Wildman–Crippen MR) is 81.0 cm³/mol. The molecule has 0 fully saturated rings. The van der Waals surface area contributed by atoms with Crippen LogP contribution in [0.2, 0.25) is 0 Å². The van der Waals surface area contributed by atoms with Crippen LogP contribution in [0.15, 0.2) is 24.3 Å². The number of alkyl halides is 6. The number of hydrogen-bond acceptors (Lipinski definition) is 3. The number of ether oxygens (including phenoxy) is 2. The van der Waals surface area contributed by atoms with E-state index in [1.54, 1.807) is 0 Å². The quantitative estimate of drug-likeness (QED) is 0.640. The van der Waals surface area contributed by atoms with E-state index in [-0.39, 0.29) is 0 Å². The maximum atomic E-state index is 14.1. The monoisotopic (exact) mass is 412 g/mol. The van der Waals surface area contributed by atoms with E-state index < -0.39 is 63.8 Å². The topological polar surface area (TPSA) is 55.8 Å². The molecule has 2 aromatic rings. The summed E-state index contributed by atoms with van der Waals surface area (Å²) in [5.74, 6) is -5.22. The zero-order valence-electron chi connectivity index (χ0n) is 14.1. The Kier molecular flexibility index (Phi) is 5.49. The standard InChI is InChI=1S/C17H11F7O4/c1-7-9(16(19,20)21)3-4-11(13(7)15(25)26)27-10-5-6-12(14(18)8(10)2)28-17(22,23)24/h3-6H,1-2H3,(H,25,26). The Bertz CT molecular complexity index is 917. The molecule has 0 unspecified atom stereocenters. The Hall–Kier alpha value is -2.98. The summed E-state index contributed by atoms with van der Waals surface area (Å²) in [4.78, 5) is 11.4. The van der Waals surface area contributed by atoms with Gasteiger partial charge >= 0.3 is 18.5 Å². The minimum Gasteiger partial charge on any atom is -0.478 e. The summed E-state index contributed by atoms with van der Waals surface area (Å²) in [6.07, 6.45) is -9.96. The zero-order valence-corrected chi connectivity index (χ0v) is 14.1. The zero-order chi connectivity index (χ0) is 21.4. The molecule has 0 atom stereocenters. The Morgan fingerprint density at radius 2 is 1.43 bits per heavy atom. The van der Waals surface area contributed by atoms with E-state index in [1.807, 2.05) is 0 Å². The average molecular weight is 412 g/mol. The Balaban J connectivity index is 2.50. The molecule has 11 heteroatoms. The molecule has 0 bridgehead atoms. The molecule has 0 amide bonds. The molecule has 152 valence electrons. The minimum atomic E-state index is -5.14. The van der Waals surface area contributed by atoms with Crippen LogP contribution in [0.4, 0.5) is 30.7 Å². The third kappa shape index (κ3) is 4.46. The van der Waals surface area contributed by atoms with Gasteiger partial charge in [0, 0.05) is 5.56 Å². The second kappa shape index (κ2) is 7.21. The van der Waals surface area contributed by atoms with Crippen LogP contribution in [0.3, 0.4) is 0 Å². The molecule has 0 aliphatic heterocycles. The number of hydrogen-bond donors (Lipinski definition) is 1. The molecular formula is C17H11F7O4. The number of benzene rings is 2. The van der Waals surface area contributed by atoms with Gasteiger partial charge in [0.2, 0.25) is 0 Å². The van der Waals surface area contributed by atoms with Crippen molar-refractivity contribution in [1.29, 1.82) is 0 Å². The number of halogens is 7. The summed E-state index contributed by atoms with van der Waals surface area (Å²) < 4.78 is 98.4. The lowest BCUT2D eigenvalue weighted by Crippen LogP contribution is -2.18. The number of carbonyl (C=O) groups is 1. The fourth-order valence-electron chi connectivity index (χ4n) is 2.42. The van der Waals surface area contributed by atoms with Gasteiger partial charge in [0.15, 0.2) is 11.6 Å². The average Bonchev–Trinajstić information content (AvgIpc) is 2.52. The van der Waals surface area contributed by atoms with Gasteiger partial charge in [-0.3, -0.25) is 0 Å². The van der Waals surface area contributed by atoms with Gasteiger partial charge in [-0.15, -0.1) is 13.2 Å². The van der Waals surface area contributed by atoms with Crippen molar-refractivity contribution in [3.63, 3.8) is 0 Å². The molecule has 4 nitrogen and oxygen atoms in total. The highest BCUT2D eigenvalue weighted by molar-refractivity contribution is 5.93. The molecule has 0 aliphatic carbocycles. The van der Waals surface area contributed by atoms with Crippen molar-refractivity contribution in [2.45, 2.75) is 26.4 Å². The van der Waals surface area contributed by atoms with E-state index in [9.17, 15) is 40.6 Å². The molecule has 1 N–H and O–H groups in total. The van der Waals surface area contributed by atoms with Crippen molar-refractivity contribution in [1.82, 2.24) is 0 Å². The highest BCUT2D eigenvalue weighted by atomic mass is 19.4. The predicted octanol–water partition coefficient (Wildman–Crippen LogP) is 5.85. The maximum Gasteiger partial charge on any atom is 0.573 e. The van der Waals surface area contributed by atoms with Crippen molar-refractivity contribution in [2.75, 3.05) is 0 Å². The number of rotatable bonds is 4. The molecule has 0 saturated heterocycles. The second-order valence-corrected chi connectivity index (χ2v) is 5.56. The van der Waals surface area contributed by atoms with Crippen LogP contribution in [0.5, 0.6) is 17.2 Å². The van der Waals surface area contributed by atoms with E-state index in [1.165, 1.54) is 0 Å². The van der Waals surface area contributed by atoms with Crippen molar-refractivity contribution in [3.8, 4) is 17.2 Å². The first kappa shape index (κ1) is 21.3. The largest absolute Gasteiger partial charge is 0.573 e. The van der Waals surface area contributed by atoms with Crippen molar-refractivity contribution in [3.05, 3.63) is 52.3 Å². The van der Waals surface area contributed by atoms with Crippen LogP contribution in [0, 0.1) is 19.7 Å². The molecule has 2 aromatic carbocycles. The van der Waals surface area contributed by atoms with E-state index in [0.29, 0.717) is 12.1 Å². The van der Waals surface area contributed by atoms with Gasteiger partial charge in [-0.2, -0.15) is 13.2 Å². The lowest BCUT2D eigenvalue weighted by Gasteiger charge is -2.18. The molecule has 2 rings (SSSR count). The van der Waals surface area contributed by atoms with E-state index >= 15 is 0 Å². The molecule has 0 saturated carbocycles. The van der Waals surface area contributed by atoms with E-state index in [2.05, 4.69) is 4.74 Å². The molecule has 0 aromatic heterocycles. The van der Waals surface area contributed by atoms with Crippen LogP contribution in [0.1, 0.15) is 27.0 Å². The van der Waals surface area contributed by atoms with Crippen LogP contribution in [0.25, 0.3) is 0 Å². The summed E-state index contributed by atoms with van der Waals surface area (Å²) in [5, 5.41) is 9.24. The summed E-state index contributed by atoms with van der Waals surface area (Å²) in [6.45, 7) is 1.96. The van der Waals surface area contributed by atoms with Crippen LogP contribution in [-0.4, -0.2) is 17.4 Å². The summed E-state index contributed by atoms with van der Waals surface area (Å²) in [7, 11) is 0. The second-order valence-electron chi connectivity index (χ2n) is 5.56. The van der Waals surface area contributed by atoms with E-state index in [0.717, 1.165) is 26.0 Å². The Morgan fingerprint density at radius 1 is 0.893 bits per heavy atom. The SMILES string of the molecule is Cc1c(Oc2ccc(C(F)(F)F)c(C)c2C(=O)O)ccc(OC(F)(F)F)c1F. The van der Waals surface area contributed by atoms with Crippen molar-refractivity contribution in [2.24, 2.45) is 0 Å². The van der Waals surface area contributed by atoms with Gasteiger partial charge in [0.1, 0.15) is 17.1 Å². The molecule has 28 heavy (non-hydrogen) atoms. The summed E-state index contributed by atoms with van der Waals surface area (Å²) >= 11 is 0. The summed E-state index contributed by atoms with van der Waals surface area (Å²) in [6, 6.07) is 2.79. The first-order valence-electron chi connectivity index (χ1n) is 7.39. The fraction of sp³-hybridized carbons (Fsp3) is 0.235. The van der Waals surface area contributed by atoms with Crippen LogP contribution >= 0.6 is 0 Å². The van der Waals surface area contributed by atoms with Gasteiger partial charge in [0.05, 0.1) is 5.56 Å². The summed E-state index contributed by atoms with van der Waals surface area (Å²) in [5.41, 5.74) is -3.11. The number of aromatic carboxylic acids is 1. The van der Waals surface area contributed by atoms with Gasteiger partial charge < -0.3 is 14.6 Å².